The summed E-state index contributed by atoms with van der Waals surface area (Å²) in [7, 11) is 0. The third kappa shape index (κ3) is 5.84. The van der Waals surface area contributed by atoms with Crippen molar-refractivity contribution in [1.82, 2.24) is 0 Å². The molecule has 1 heteroatoms. The monoisotopic (exact) mass is 208 g/mol. The third-order valence-corrected chi connectivity index (χ3v) is 1.73. The van der Waals surface area contributed by atoms with Gasteiger partial charge in [-0.3, -0.25) is 12.2 Å². The molecular weight excluding hydrogens is 192 g/mol. The predicted octanol–water partition coefficient (Wildman–Crippen LogP) is 3.61. The molecule has 0 unspecified atom stereocenters. The molecular formula is C12H16Ti-2. The van der Waals surface area contributed by atoms with Gasteiger partial charge in [0.15, 0.2) is 0 Å². The minimum atomic E-state index is 0. The van der Waals surface area contributed by atoms with Gasteiger partial charge in [-0.15, -0.1) is 12.8 Å². The molecule has 0 aromatic rings. The maximum absolute atomic E-state index is 3.12. The average molecular weight is 208 g/mol. The van der Waals surface area contributed by atoms with Crippen LogP contribution in [0.1, 0.15) is 29.5 Å². The van der Waals surface area contributed by atoms with Crippen LogP contribution in [0.2, 0.25) is 0 Å². The molecule has 0 atom stereocenters. The summed E-state index contributed by atoms with van der Waals surface area (Å²) in [5.41, 5.74) is 2.55. The van der Waals surface area contributed by atoms with Crippen LogP contribution in [0.4, 0.5) is 0 Å². The molecule has 0 amide bonds. The Labute approximate surface area is 99.0 Å². The topological polar surface area (TPSA) is 0 Å². The van der Waals surface area contributed by atoms with E-state index in [0.717, 1.165) is 12.8 Å². The molecule has 0 heterocycles. The van der Waals surface area contributed by atoms with E-state index >= 15 is 0 Å². The largest absolute Gasteiger partial charge is 2.00 e. The number of hydrogen-bond donors (Lipinski definition) is 0. The predicted molar refractivity (Wildman–Crippen MR) is 54.6 cm³/mol. The van der Waals surface area contributed by atoms with Crippen molar-refractivity contribution >= 4 is 0 Å². The second kappa shape index (κ2) is 7.11. The van der Waals surface area contributed by atoms with Gasteiger partial charge in [-0.25, -0.2) is 23.3 Å². The summed E-state index contributed by atoms with van der Waals surface area (Å²) in [5.74, 6) is 0. The van der Waals surface area contributed by atoms with Crippen LogP contribution in [0.15, 0.2) is 35.5 Å². The second-order valence-corrected chi connectivity index (χ2v) is 2.93. The van der Waals surface area contributed by atoms with Crippen LogP contribution in [0.3, 0.4) is 0 Å². The van der Waals surface area contributed by atoms with E-state index < -0.39 is 0 Å². The van der Waals surface area contributed by atoms with E-state index in [4.69, 9.17) is 0 Å². The molecule has 2 aliphatic rings. The Morgan fingerprint density at radius 1 is 1.00 bits per heavy atom. The van der Waals surface area contributed by atoms with E-state index in [0.29, 0.717) is 0 Å². The Hall–Kier alpha value is -0.326. The van der Waals surface area contributed by atoms with Crippen LogP contribution in [0.25, 0.3) is 0 Å². The molecule has 0 aliphatic heterocycles. The summed E-state index contributed by atoms with van der Waals surface area (Å²) in [4.78, 5) is 0. The SMILES string of the molecule is CC1=[C-]CC=C1.CC1=[C-]CC=C1.[H-].[H-].[Ti+2]. The van der Waals surface area contributed by atoms with Gasteiger partial charge < -0.3 is 2.85 Å². The van der Waals surface area contributed by atoms with E-state index in [1.165, 1.54) is 11.1 Å². The minimum absolute atomic E-state index is 0. The first-order valence-corrected chi connectivity index (χ1v) is 4.27. The van der Waals surface area contributed by atoms with Crippen molar-refractivity contribution in [3.05, 3.63) is 47.6 Å². The zero-order chi connectivity index (χ0) is 8.81. The molecule has 0 bridgehead atoms. The molecule has 0 N–H and O–H groups in total. The van der Waals surface area contributed by atoms with Crippen LogP contribution in [0, 0.1) is 12.2 Å². The van der Waals surface area contributed by atoms with Crippen molar-refractivity contribution < 1.29 is 24.6 Å². The van der Waals surface area contributed by atoms with Gasteiger partial charge in [0.25, 0.3) is 0 Å². The Morgan fingerprint density at radius 3 is 1.46 bits per heavy atom. The van der Waals surface area contributed by atoms with Crippen molar-refractivity contribution in [1.29, 1.82) is 0 Å². The Morgan fingerprint density at radius 2 is 1.38 bits per heavy atom. The summed E-state index contributed by atoms with van der Waals surface area (Å²) in [6, 6.07) is 0. The normalized spacial score (nSPS) is 17.1. The van der Waals surface area contributed by atoms with E-state index in [1.54, 1.807) is 0 Å². The van der Waals surface area contributed by atoms with E-state index in [1.807, 2.05) is 0 Å². The van der Waals surface area contributed by atoms with Crippen molar-refractivity contribution in [2.45, 2.75) is 26.7 Å². The second-order valence-electron chi connectivity index (χ2n) is 2.93. The number of hydrogen-bond acceptors (Lipinski definition) is 0. The van der Waals surface area contributed by atoms with Crippen LogP contribution in [-0.4, -0.2) is 0 Å². The van der Waals surface area contributed by atoms with Gasteiger partial charge in [-0.2, -0.15) is 12.2 Å². The average Bonchev–Trinajstić information content (AvgIpc) is 2.63. The number of rotatable bonds is 0. The van der Waals surface area contributed by atoms with Gasteiger partial charge in [-0.05, 0) is 0 Å². The fourth-order valence-corrected chi connectivity index (χ4v) is 1.03. The standard InChI is InChI=1S/2C6H7.Ti.2H/c2*1-6-4-2-3-5-6;;;/h2*2,4H,3H2,1H3;;;/q2*-1;+2;2*-1. The molecule has 13 heavy (non-hydrogen) atoms. The van der Waals surface area contributed by atoms with Crippen LogP contribution >= 0.6 is 0 Å². The zero-order valence-electron chi connectivity index (χ0n) is 10.2. The van der Waals surface area contributed by atoms with Crippen molar-refractivity contribution in [3.8, 4) is 0 Å². The molecule has 0 fully saturated rings. The van der Waals surface area contributed by atoms with Gasteiger partial charge in [0.1, 0.15) is 0 Å². The van der Waals surface area contributed by atoms with Crippen molar-refractivity contribution in [2.24, 2.45) is 0 Å². The Kier molecular flexibility index (Phi) is 6.94. The maximum Gasteiger partial charge on any atom is 2.00 e. The molecule has 0 nitrogen and oxygen atoms in total. The summed E-state index contributed by atoms with van der Waals surface area (Å²) in [6.07, 6.45) is 16.7. The molecule has 70 valence electrons. The zero-order valence-corrected chi connectivity index (χ0v) is 9.79. The molecule has 0 spiro atoms. The maximum atomic E-state index is 3.12. The molecule has 2 aliphatic carbocycles. The van der Waals surface area contributed by atoms with Gasteiger partial charge in [0.05, 0.1) is 0 Å². The number of allylic oxidation sites excluding steroid dienone is 8. The van der Waals surface area contributed by atoms with Crippen LogP contribution < -0.4 is 0 Å². The molecule has 0 radical (unpaired) electrons. The third-order valence-electron chi connectivity index (χ3n) is 1.73. The summed E-state index contributed by atoms with van der Waals surface area (Å²) < 4.78 is 0. The van der Waals surface area contributed by atoms with Crippen LogP contribution in [-0.2, 0) is 21.7 Å². The molecule has 0 saturated heterocycles. The molecule has 0 aromatic heterocycles. The van der Waals surface area contributed by atoms with E-state index in [9.17, 15) is 0 Å². The van der Waals surface area contributed by atoms with Crippen molar-refractivity contribution in [2.75, 3.05) is 0 Å². The molecule has 2 rings (SSSR count). The van der Waals surface area contributed by atoms with E-state index in [2.05, 4.69) is 50.3 Å². The molecule has 0 aromatic carbocycles. The van der Waals surface area contributed by atoms with Gasteiger partial charge in [0, 0.05) is 0 Å². The van der Waals surface area contributed by atoms with Gasteiger partial charge >= 0.3 is 21.7 Å². The Balaban J connectivity index is -0.000000160. The van der Waals surface area contributed by atoms with Crippen molar-refractivity contribution in [3.63, 3.8) is 0 Å². The first-order chi connectivity index (χ1) is 5.79. The Bertz CT molecular complexity index is 229. The first kappa shape index (κ1) is 12.7. The quantitative estimate of drug-likeness (QED) is 0.421. The summed E-state index contributed by atoms with van der Waals surface area (Å²) in [5, 5.41) is 0. The fourth-order valence-electron chi connectivity index (χ4n) is 1.03. The molecule has 0 saturated carbocycles. The summed E-state index contributed by atoms with van der Waals surface area (Å²) >= 11 is 0. The smallest absolute Gasteiger partial charge is 1.00 e. The van der Waals surface area contributed by atoms with Gasteiger partial charge in [0.2, 0.25) is 0 Å². The van der Waals surface area contributed by atoms with Crippen LogP contribution in [0.5, 0.6) is 0 Å². The van der Waals surface area contributed by atoms with Gasteiger partial charge in [-0.1, -0.05) is 13.8 Å². The minimum Gasteiger partial charge on any atom is -1.00 e. The summed E-state index contributed by atoms with van der Waals surface area (Å²) in [6.45, 7) is 4.12. The van der Waals surface area contributed by atoms with E-state index in [-0.39, 0.29) is 24.6 Å². The first-order valence-electron chi connectivity index (χ1n) is 4.27. The fraction of sp³-hybridized carbons (Fsp3) is 0.333.